The van der Waals surface area contributed by atoms with Gasteiger partial charge in [-0.05, 0) is 18.3 Å². The van der Waals surface area contributed by atoms with E-state index in [9.17, 15) is 8.78 Å². The van der Waals surface area contributed by atoms with Crippen molar-refractivity contribution < 1.29 is 8.78 Å². The van der Waals surface area contributed by atoms with E-state index < -0.39 is 11.8 Å². The molecular formula is C13H26F2. The summed E-state index contributed by atoms with van der Waals surface area (Å²) in [4.78, 5) is 0. The first-order chi connectivity index (χ1) is 6.77. The molecule has 0 unspecified atom stereocenters. The summed E-state index contributed by atoms with van der Waals surface area (Å²) in [5.41, 5.74) is 0. The second-order valence-electron chi connectivity index (χ2n) is 5.38. The molecule has 0 bridgehead atoms. The minimum Gasteiger partial charge on any atom is -0.207 e. The van der Waals surface area contributed by atoms with Gasteiger partial charge in [-0.2, -0.15) is 0 Å². The van der Waals surface area contributed by atoms with Crippen molar-refractivity contribution in [3.05, 3.63) is 0 Å². The van der Waals surface area contributed by atoms with Gasteiger partial charge in [-0.1, -0.05) is 47.5 Å². The summed E-state index contributed by atoms with van der Waals surface area (Å²) in [6.45, 7) is 9.76. The maximum Gasteiger partial charge on any atom is 0.250 e. The van der Waals surface area contributed by atoms with Crippen LogP contribution in [0.4, 0.5) is 8.78 Å². The summed E-state index contributed by atoms with van der Waals surface area (Å²) < 4.78 is 26.5. The number of alkyl halides is 2. The molecule has 0 aromatic heterocycles. The molecule has 0 saturated carbocycles. The van der Waals surface area contributed by atoms with Gasteiger partial charge in [0.15, 0.2) is 0 Å². The Hall–Kier alpha value is -0.140. The average Bonchev–Trinajstić information content (AvgIpc) is 2.11. The van der Waals surface area contributed by atoms with Gasteiger partial charge in [0.1, 0.15) is 0 Å². The molecule has 2 heteroatoms. The Labute approximate surface area is 93.4 Å². The molecule has 92 valence electrons. The van der Waals surface area contributed by atoms with E-state index in [2.05, 4.69) is 20.8 Å². The fourth-order valence-corrected chi connectivity index (χ4v) is 1.45. The van der Waals surface area contributed by atoms with Gasteiger partial charge in [0, 0.05) is 12.3 Å². The van der Waals surface area contributed by atoms with Crippen molar-refractivity contribution in [2.45, 2.75) is 66.2 Å². The van der Waals surface area contributed by atoms with Crippen LogP contribution < -0.4 is 0 Å². The van der Waals surface area contributed by atoms with Crippen LogP contribution in [-0.4, -0.2) is 5.92 Å². The summed E-state index contributed by atoms with van der Waals surface area (Å²) in [5.74, 6) is -1.69. The normalized spacial score (nSPS) is 15.0. The highest BCUT2D eigenvalue weighted by Crippen LogP contribution is 2.30. The molecule has 0 aliphatic carbocycles. The average molecular weight is 220 g/mol. The quantitative estimate of drug-likeness (QED) is 0.522. The topological polar surface area (TPSA) is 0 Å². The van der Waals surface area contributed by atoms with Crippen molar-refractivity contribution in [1.82, 2.24) is 0 Å². The molecule has 0 nitrogen and oxygen atoms in total. The van der Waals surface area contributed by atoms with Crippen LogP contribution in [0.2, 0.25) is 0 Å². The monoisotopic (exact) mass is 220 g/mol. The smallest absolute Gasteiger partial charge is 0.207 e. The van der Waals surface area contributed by atoms with E-state index in [1.165, 1.54) is 0 Å². The Morgan fingerprint density at radius 1 is 0.933 bits per heavy atom. The van der Waals surface area contributed by atoms with Crippen molar-refractivity contribution in [2.75, 3.05) is 0 Å². The van der Waals surface area contributed by atoms with Gasteiger partial charge in [0.2, 0.25) is 5.92 Å². The minimum atomic E-state index is -2.47. The first-order valence-corrected chi connectivity index (χ1v) is 6.15. The number of hydrogen-bond donors (Lipinski definition) is 0. The Morgan fingerprint density at radius 3 is 1.87 bits per heavy atom. The van der Waals surface area contributed by atoms with Crippen molar-refractivity contribution in [3.63, 3.8) is 0 Å². The van der Waals surface area contributed by atoms with Gasteiger partial charge >= 0.3 is 0 Å². The lowest BCUT2D eigenvalue weighted by atomic mass is 9.91. The lowest BCUT2D eigenvalue weighted by Gasteiger charge is -2.21. The molecular weight excluding hydrogens is 194 g/mol. The molecule has 0 radical (unpaired) electrons. The van der Waals surface area contributed by atoms with Crippen molar-refractivity contribution >= 4 is 0 Å². The maximum atomic E-state index is 13.2. The number of rotatable bonds is 7. The first kappa shape index (κ1) is 14.9. The van der Waals surface area contributed by atoms with Crippen LogP contribution in [0.5, 0.6) is 0 Å². The van der Waals surface area contributed by atoms with Crippen LogP contribution in [0.1, 0.15) is 60.3 Å². The molecule has 0 aliphatic rings. The van der Waals surface area contributed by atoms with Gasteiger partial charge < -0.3 is 0 Å². The molecule has 0 heterocycles. The third kappa shape index (κ3) is 6.11. The summed E-state index contributed by atoms with van der Waals surface area (Å²) in [6.07, 6.45) is 2.71. The van der Waals surface area contributed by atoms with E-state index in [0.717, 1.165) is 12.8 Å². The highest BCUT2D eigenvalue weighted by molar-refractivity contribution is 4.70. The van der Waals surface area contributed by atoms with E-state index in [1.54, 1.807) is 13.8 Å². The SMILES string of the molecule is CC(C)[C@H](C)CCCCC(F)(F)C(C)C. The van der Waals surface area contributed by atoms with Gasteiger partial charge in [-0.15, -0.1) is 0 Å². The summed E-state index contributed by atoms with van der Waals surface area (Å²) in [7, 11) is 0. The van der Waals surface area contributed by atoms with Gasteiger partial charge in [0.05, 0.1) is 0 Å². The van der Waals surface area contributed by atoms with Crippen LogP contribution in [0.3, 0.4) is 0 Å². The molecule has 15 heavy (non-hydrogen) atoms. The lowest BCUT2D eigenvalue weighted by Crippen LogP contribution is -2.23. The Bertz CT molecular complexity index is 162. The van der Waals surface area contributed by atoms with Crippen molar-refractivity contribution in [3.8, 4) is 0 Å². The molecule has 0 fully saturated rings. The van der Waals surface area contributed by atoms with E-state index in [0.29, 0.717) is 18.3 Å². The Kier molecular flexibility index (Phi) is 6.38. The van der Waals surface area contributed by atoms with Crippen molar-refractivity contribution in [2.24, 2.45) is 17.8 Å². The molecule has 1 atom stereocenters. The van der Waals surface area contributed by atoms with E-state index in [4.69, 9.17) is 0 Å². The molecule has 0 aliphatic heterocycles. The fourth-order valence-electron chi connectivity index (χ4n) is 1.45. The fraction of sp³-hybridized carbons (Fsp3) is 1.00. The van der Waals surface area contributed by atoms with Gasteiger partial charge in [-0.25, -0.2) is 8.78 Å². The minimum absolute atomic E-state index is 0.0511. The van der Waals surface area contributed by atoms with Gasteiger partial charge in [0.25, 0.3) is 0 Å². The standard InChI is InChI=1S/C13H26F2/c1-10(2)12(5)8-6-7-9-13(14,15)11(3)4/h10-12H,6-9H2,1-5H3/t12-/m1/s1. The maximum absolute atomic E-state index is 13.2. The van der Waals surface area contributed by atoms with E-state index in [1.807, 2.05) is 0 Å². The molecule has 0 spiro atoms. The van der Waals surface area contributed by atoms with E-state index in [-0.39, 0.29) is 6.42 Å². The molecule has 0 amide bonds. The molecule has 0 rings (SSSR count). The zero-order chi connectivity index (χ0) is 12.1. The zero-order valence-electron chi connectivity index (χ0n) is 10.8. The predicted molar refractivity (Wildman–Crippen MR) is 62.3 cm³/mol. The first-order valence-electron chi connectivity index (χ1n) is 6.15. The number of hydrogen-bond acceptors (Lipinski definition) is 0. The third-order valence-electron chi connectivity index (χ3n) is 3.40. The largest absolute Gasteiger partial charge is 0.250 e. The molecule has 0 saturated heterocycles. The van der Waals surface area contributed by atoms with Gasteiger partial charge in [-0.3, -0.25) is 0 Å². The van der Waals surface area contributed by atoms with Crippen LogP contribution in [0.25, 0.3) is 0 Å². The van der Waals surface area contributed by atoms with Crippen LogP contribution in [0, 0.1) is 17.8 Å². The molecule has 0 aromatic carbocycles. The Morgan fingerprint density at radius 2 is 1.47 bits per heavy atom. The summed E-state index contributed by atoms with van der Waals surface area (Å²) >= 11 is 0. The number of unbranched alkanes of at least 4 members (excludes halogenated alkanes) is 1. The van der Waals surface area contributed by atoms with Crippen molar-refractivity contribution in [1.29, 1.82) is 0 Å². The Balaban J connectivity index is 3.63. The second kappa shape index (κ2) is 6.44. The van der Waals surface area contributed by atoms with Crippen LogP contribution in [0.15, 0.2) is 0 Å². The second-order valence-corrected chi connectivity index (χ2v) is 5.38. The third-order valence-corrected chi connectivity index (χ3v) is 3.40. The lowest BCUT2D eigenvalue weighted by molar-refractivity contribution is -0.0542. The van der Waals surface area contributed by atoms with E-state index >= 15 is 0 Å². The highest BCUT2D eigenvalue weighted by atomic mass is 19.3. The van der Waals surface area contributed by atoms with Crippen LogP contribution in [-0.2, 0) is 0 Å². The highest BCUT2D eigenvalue weighted by Gasteiger charge is 2.32. The summed E-state index contributed by atoms with van der Waals surface area (Å²) in [6, 6.07) is 0. The molecule has 0 aromatic rings. The number of halogens is 2. The summed E-state index contributed by atoms with van der Waals surface area (Å²) in [5, 5.41) is 0. The molecule has 0 N–H and O–H groups in total. The van der Waals surface area contributed by atoms with Crippen LogP contribution >= 0.6 is 0 Å². The predicted octanol–water partition coefficient (Wildman–Crippen LogP) is 5.13. The zero-order valence-corrected chi connectivity index (χ0v) is 10.8.